The molecule has 0 saturated carbocycles. The van der Waals surface area contributed by atoms with Gasteiger partial charge in [-0.15, -0.1) is 0 Å². The lowest BCUT2D eigenvalue weighted by molar-refractivity contribution is -0.134. The minimum absolute atomic E-state index is 0.133. The molecule has 2 amide bonds. The molecule has 1 aromatic carbocycles. The highest BCUT2D eigenvalue weighted by atomic mass is 16.5. The van der Waals surface area contributed by atoms with Gasteiger partial charge in [0, 0.05) is 42.0 Å². The molecular formula is C19H23N5O5. The van der Waals surface area contributed by atoms with Gasteiger partial charge in [0.1, 0.15) is 11.6 Å². The number of ether oxygens (including phenoxy) is 1. The third-order valence-electron chi connectivity index (χ3n) is 3.35. The zero-order valence-corrected chi connectivity index (χ0v) is 16.1. The highest BCUT2D eigenvalue weighted by molar-refractivity contribution is 5.96. The SMILES string of the molecule is CC(=O)O.Cc1cc(C(=O)NCc2ccc(C(=N)N)cc2OCC(N)=O)ccn1. The maximum Gasteiger partial charge on any atom is 0.300 e. The number of nitrogens with one attached hydrogen (secondary N) is 2. The summed E-state index contributed by atoms with van der Waals surface area (Å²) in [6.07, 6.45) is 1.56. The van der Waals surface area contributed by atoms with E-state index in [9.17, 15) is 9.59 Å². The number of amidine groups is 1. The Hall–Kier alpha value is -3.95. The molecule has 0 bridgehead atoms. The number of carbonyl (C=O) groups is 3. The Bertz CT molecular complexity index is 910. The Morgan fingerprint density at radius 1 is 1.17 bits per heavy atom. The topological polar surface area (TPSA) is 181 Å². The van der Waals surface area contributed by atoms with E-state index in [0.717, 1.165) is 12.6 Å². The standard InChI is InChI=1S/C17H19N5O3.C2H4O2/c1-10-6-12(4-5-21-10)17(24)22-8-13-3-2-11(16(19)20)7-14(13)25-9-15(18)23;1-2(3)4/h2-7H,8-9H2,1H3,(H2,18,23)(H3,19,20)(H,22,24);1H3,(H,3,4). The summed E-state index contributed by atoms with van der Waals surface area (Å²) in [6, 6.07) is 8.14. The van der Waals surface area contributed by atoms with Gasteiger partial charge in [0.2, 0.25) is 0 Å². The van der Waals surface area contributed by atoms with Crippen LogP contribution < -0.4 is 21.5 Å². The highest BCUT2D eigenvalue weighted by Gasteiger charge is 2.11. The largest absolute Gasteiger partial charge is 0.483 e. The summed E-state index contributed by atoms with van der Waals surface area (Å²) >= 11 is 0. The van der Waals surface area contributed by atoms with Crippen LogP contribution in [0.4, 0.5) is 0 Å². The van der Waals surface area contributed by atoms with Gasteiger partial charge < -0.3 is 26.6 Å². The number of aryl methyl sites for hydroxylation is 1. The van der Waals surface area contributed by atoms with Crippen molar-refractivity contribution in [3.63, 3.8) is 0 Å². The van der Waals surface area contributed by atoms with Crippen molar-refractivity contribution in [2.45, 2.75) is 20.4 Å². The number of carboxylic acid groups (broad SMARTS) is 1. The molecule has 7 N–H and O–H groups in total. The molecule has 0 aliphatic carbocycles. The number of hydrogen-bond acceptors (Lipinski definition) is 6. The number of carboxylic acids is 1. The van der Waals surface area contributed by atoms with Gasteiger partial charge in [-0.1, -0.05) is 12.1 Å². The molecule has 0 radical (unpaired) electrons. The molecule has 0 aliphatic heterocycles. The van der Waals surface area contributed by atoms with Crippen molar-refractivity contribution < 1.29 is 24.2 Å². The van der Waals surface area contributed by atoms with Crippen LogP contribution in [0.25, 0.3) is 0 Å². The molecular weight excluding hydrogens is 378 g/mol. The van der Waals surface area contributed by atoms with Crippen molar-refractivity contribution in [3.8, 4) is 5.75 Å². The predicted molar refractivity (Wildman–Crippen MR) is 106 cm³/mol. The number of nitrogen functional groups attached to an aromatic ring is 1. The van der Waals surface area contributed by atoms with E-state index < -0.39 is 11.9 Å². The fourth-order valence-electron chi connectivity index (χ4n) is 2.12. The fraction of sp³-hybridized carbons (Fsp3) is 0.211. The summed E-state index contributed by atoms with van der Waals surface area (Å²) in [6.45, 7) is 2.74. The second-order valence-electron chi connectivity index (χ2n) is 5.88. The smallest absolute Gasteiger partial charge is 0.300 e. The molecule has 1 aromatic heterocycles. The van der Waals surface area contributed by atoms with Crippen molar-refractivity contribution >= 4 is 23.6 Å². The van der Waals surface area contributed by atoms with Crippen molar-refractivity contribution in [1.82, 2.24) is 10.3 Å². The van der Waals surface area contributed by atoms with Crippen LogP contribution in [0.2, 0.25) is 0 Å². The predicted octanol–water partition coefficient (Wildman–Crippen LogP) is 0.559. The lowest BCUT2D eigenvalue weighted by Crippen LogP contribution is -2.24. The Balaban J connectivity index is 0.000000960. The molecule has 2 aromatic rings. The summed E-state index contributed by atoms with van der Waals surface area (Å²) in [5.41, 5.74) is 12.9. The maximum absolute atomic E-state index is 12.2. The van der Waals surface area contributed by atoms with E-state index in [2.05, 4.69) is 10.3 Å². The maximum atomic E-state index is 12.2. The van der Waals surface area contributed by atoms with Crippen LogP contribution in [0.1, 0.15) is 34.1 Å². The van der Waals surface area contributed by atoms with Gasteiger partial charge in [0.05, 0.1) is 0 Å². The van der Waals surface area contributed by atoms with E-state index in [1.807, 2.05) is 0 Å². The van der Waals surface area contributed by atoms with Gasteiger partial charge >= 0.3 is 0 Å². The van der Waals surface area contributed by atoms with Crippen LogP contribution in [0.5, 0.6) is 5.75 Å². The van der Waals surface area contributed by atoms with E-state index in [1.54, 1.807) is 37.4 Å². The van der Waals surface area contributed by atoms with Crippen LogP contribution in [-0.2, 0) is 16.1 Å². The minimum atomic E-state index is -0.833. The average molecular weight is 401 g/mol. The Kier molecular flexibility index (Phi) is 8.78. The number of rotatable bonds is 7. The van der Waals surface area contributed by atoms with Crippen LogP contribution in [0.3, 0.4) is 0 Å². The number of aliphatic carboxylic acids is 1. The molecule has 0 atom stereocenters. The van der Waals surface area contributed by atoms with Crippen LogP contribution in [0.15, 0.2) is 36.5 Å². The molecule has 10 nitrogen and oxygen atoms in total. The first-order chi connectivity index (χ1) is 13.6. The zero-order valence-electron chi connectivity index (χ0n) is 16.1. The number of primary amides is 1. The Morgan fingerprint density at radius 2 is 1.83 bits per heavy atom. The quantitative estimate of drug-likeness (QED) is 0.332. The number of aromatic nitrogens is 1. The van der Waals surface area contributed by atoms with Gasteiger partial charge in [0.25, 0.3) is 17.8 Å². The summed E-state index contributed by atoms with van der Waals surface area (Å²) in [5.74, 6) is -1.53. The highest BCUT2D eigenvalue weighted by Crippen LogP contribution is 2.20. The zero-order chi connectivity index (χ0) is 22.0. The van der Waals surface area contributed by atoms with Crippen LogP contribution in [0, 0.1) is 12.3 Å². The van der Waals surface area contributed by atoms with Crippen LogP contribution in [-0.4, -0.2) is 40.3 Å². The number of nitrogens with two attached hydrogens (primary N) is 2. The molecule has 29 heavy (non-hydrogen) atoms. The molecule has 0 unspecified atom stereocenters. The summed E-state index contributed by atoms with van der Waals surface area (Å²) in [5, 5.41) is 17.7. The molecule has 154 valence electrons. The Morgan fingerprint density at radius 3 is 2.38 bits per heavy atom. The number of pyridine rings is 1. The Labute approximate surface area is 167 Å². The number of benzene rings is 1. The lowest BCUT2D eigenvalue weighted by Gasteiger charge is -2.13. The molecule has 0 spiro atoms. The van der Waals surface area contributed by atoms with Crippen molar-refractivity contribution in [2.75, 3.05) is 6.61 Å². The van der Waals surface area contributed by atoms with Gasteiger partial charge in [-0.25, -0.2) is 0 Å². The normalized spacial score (nSPS) is 9.59. The summed E-state index contributed by atoms with van der Waals surface area (Å²) in [7, 11) is 0. The molecule has 1 heterocycles. The van der Waals surface area contributed by atoms with Crippen molar-refractivity contribution in [1.29, 1.82) is 5.41 Å². The average Bonchev–Trinajstić information content (AvgIpc) is 2.64. The van der Waals surface area contributed by atoms with Crippen molar-refractivity contribution in [2.24, 2.45) is 11.5 Å². The molecule has 10 heteroatoms. The number of amides is 2. The fourth-order valence-corrected chi connectivity index (χ4v) is 2.12. The van der Waals surface area contributed by atoms with E-state index >= 15 is 0 Å². The van der Waals surface area contributed by atoms with E-state index in [0.29, 0.717) is 22.4 Å². The monoisotopic (exact) mass is 401 g/mol. The minimum Gasteiger partial charge on any atom is -0.483 e. The first-order valence-electron chi connectivity index (χ1n) is 8.39. The van der Waals surface area contributed by atoms with Crippen LogP contribution >= 0.6 is 0 Å². The number of hydrogen-bond donors (Lipinski definition) is 5. The summed E-state index contributed by atoms with van der Waals surface area (Å²) in [4.78, 5) is 36.2. The van der Waals surface area contributed by atoms with Gasteiger partial charge in [-0.05, 0) is 25.1 Å². The summed E-state index contributed by atoms with van der Waals surface area (Å²) < 4.78 is 5.36. The van der Waals surface area contributed by atoms with E-state index in [-0.39, 0.29) is 24.9 Å². The third kappa shape index (κ3) is 8.52. The molecule has 0 fully saturated rings. The van der Waals surface area contributed by atoms with Gasteiger partial charge in [0.15, 0.2) is 6.61 Å². The second-order valence-corrected chi connectivity index (χ2v) is 5.88. The van der Waals surface area contributed by atoms with E-state index in [1.165, 1.54) is 6.07 Å². The molecule has 0 aliphatic rings. The molecule has 0 saturated heterocycles. The molecule has 2 rings (SSSR count). The van der Waals surface area contributed by atoms with Crippen molar-refractivity contribution in [3.05, 3.63) is 58.9 Å². The third-order valence-corrected chi connectivity index (χ3v) is 3.35. The van der Waals surface area contributed by atoms with Gasteiger partial charge in [-0.2, -0.15) is 0 Å². The van der Waals surface area contributed by atoms with E-state index in [4.69, 9.17) is 31.5 Å². The lowest BCUT2D eigenvalue weighted by atomic mass is 10.1. The number of carbonyl (C=O) groups excluding carboxylic acids is 2. The number of nitrogens with zero attached hydrogens (tertiary/aromatic N) is 1. The first kappa shape index (κ1) is 23.1. The first-order valence-corrected chi connectivity index (χ1v) is 8.39. The van der Waals surface area contributed by atoms with Gasteiger partial charge in [-0.3, -0.25) is 24.8 Å². The second kappa shape index (κ2) is 11.0.